The molecule has 2 aromatic carbocycles. The van der Waals surface area contributed by atoms with Crippen LogP contribution in [0, 0.1) is 6.92 Å². The van der Waals surface area contributed by atoms with Crippen LogP contribution in [-0.4, -0.2) is 24.6 Å². The normalized spacial score (nSPS) is 11.0. The molecule has 0 spiro atoms. The van der Waals surface area contributed by atoms with E-state index in [-0.39, 0.29) is 21.7 Å². The van der Waals surface area contributed by atoms with Gasteiger partial charge in [0.05, 0.1) is 4.90 Å². The average molecular weight is 495 g/mol. The highest BCUT2D eigenvalue weighted by molar-refractivity contribution is 9.10. The summed E-state index contributed by atoms with van der Waals surface area (Å²) in [6, 6.07) is 14.2. The monoisotopic (exact) mass is 494 g/mol. The number of hydrogen-bond donors (Lipinski definition) is 3. The summed E-state index contributed by atoms with van der Waals surface area (Å²) in [5.41, 5.74) is 0.958. The van der Waals surface area contributed by atoms with Crippen molar-refractivity contribution < 1.29 is 17.7 Å². The minimum Gasteiger partial charge on any atom is -0.360 e. The van der Waals surface area contributed by atoms with E-state index >= 15 is 0 Å². The van der Waals surface area contributed by atoms with E-state index in [1.54, 1.807) is 25.1 Å². The van der Waals surface area contributed by atoms with Gasteiger partial charge in [-0.2, -0.15) is 0 Å². The van der Waals surface area contributed by atoms with Crippen molar-refractivity contribution in [1.29, 1.82) is 0 Å². The van der Waals surface area contributed by atoms with Crippen molar-refractivity contribution in [3.05, 3.63) is 70.4 Å². The van der Waals surface area contributed by atoms with E-state index in [4.69, 9.17) is 16.7 Å². The summed E-state index contributed by atoms with van der Waals surface area (Å²) in [6.07, 6.45) is 0. The number of nitrogens with zero attached hydrogens (tertiary/aromatic N) is 1. The molecule has 8 nitrogen and oxygen atoms in total. The topological polar surface area (TPSA) is 113 Å². The minimum atomic E-state index is -3.81. The molecule has 0 fully saturated rings. The number of benzene rings is 2. The van der Waals surface area contributed by atoms with Crippen LogP contribution in [0.2, 0.25) is 0 Å². The highest BCUT2D eigenvalue weighted by Crippen LogP contribution is 2.18. The van der Waals surface area contributed by atoms with E-state index in [0.29, 0.717) is 17.0 Å². The molecule has 0 radical (unpaired) electrons. The van der Waals surface area contributed by atoms with E-state index in [2.05, 4.69) is 36.4 Å². The minimum absolute atomic E-state index is 0.0350. The molecule has 3 rings (SSSR count). The molecule has 3 N–H and O–H groups in total. The smallest absolute Gasteiger partial charge is 0.263 e. The summed E-state index contributed by atoms with van der Waals surface area (Å²) < 4.78 is 32.7. The van der Waals surface area contributed by atoms with Crippen LogP contribution in [-0.2, 0) is 10.0 Å². The molecule has 0 atom stereocenters. The third kappa shape index (κ3) is 5.62. The molecule has 0 bridgehead atoms. The molecule has 11 heteroatoms. The van der Waals surface area contributed by atoms with Gasteiger partial charge in [0.25, 0.3) is 15.9 Å². The van der Waals surface area contributed by atoms with Crippen LogP contribution < -0.4 is 15.4 Å². The van der Waals surface area contributed by atoms with E-state index in [1.165, 1.54) is 30.3 Å². The third-order valence-corrected chi connectivity index (χ3v) is 5.67. The molecule has 150 valence electrons. The van der Waals surface area contributed by atoms with Gasteiger partial charge in [0, 0.05) is 21.8 Å². The number of thiocarbonyl (C=S) groups is 1. The quantitative estimate of drug-likeness (QED) is 0.463. The zero-order valence-corrected chi connectivity index (χ0v) is 18.2. The number of carbonyl (C=O) groups is 1. The maximum atomic E-state index is 12.4. The van der Waals surface area contributed by atoms with Crippen LogP contribution in [0.4, 0.5) is 11.5 Å². The van der Waals surface area contributed by atoms with Gasteiger partial charge in [-0.15, -0.1) is 0 Å². The second-order valence-corrected chi connectivity index (χ2v) is 8.88. The Balaban J connectivity index is 1.62. The van der Waals surface area contributed by atoms with Gasteiger partial charge >= 0.3 is 0 Å². The van der Waals surface area contributed by atoms with Crippen LogP contribution in [0.15, 0.2) is 68.5 Å². The SMILES string of the molecule is Cc1cc(NS(=O)(=O)c2ccc(NC(=S)NC(=O)c3cccc(Br)c3)cc2)no1. The van der Waals surface area contributed by atoms with E-state index < -0.39 is 10.0 Å². The van der Waals surface area contributed by atoms with Gasteiger partial charge in [0.2, 0.25) is 0 Å². The lowest BCUT2D eigenvalue weighted by atomic mass is 10.2. The van der Waals surface area contributed by atoms with Crippen LogP contribution >= 0.6 is 28.1 Å². The van der Waals surface area contributed by atoms with Gasteiger partial charge in [-0.3, -0.25) is 14.8 Å². The number of anilines is 2. The van der Waals surface area contributed by atoms with Crippen LogP contribution in [0.5, 0.6) is 0 Å². The molecule has 0 aliphatic rings. The molecule has 1 amide bonds. The Morgan fingerprint density at radius 1 is 1.14 bits per heavy atom. The maximum absolute atomic E-state index is 12.4. The summed E-state index contributed by atoms with van der Waals surface area (Å²) in [5, 5.41) is 9.09. The summed E-state index contributed by atoms with van der Waals surface area (Å²) in [4.78, 5) is 12.2. The van der Waals surface area contributed by atoms with Crippen LogP contribution in [0.1, 0.15) is 16.1 Å². The lowest BCUT2D eigenvalue weighted by molar-refractivity contribution is 0.0977. The Hall–Kier alpha value is -2.76. The third-order valence-electron chi connectivity index (χ3n) is 3.60. The van der Waals surface area contributed by atoms with Crippen molar-refractivity contribution in [2.75, 3.05) is 10.0 Å². The molecular formula is C18H15BrN4O4S2. The van der Waals surface area contributed by atoms with Crippen molar-refractivity contribution in [3.8, 4) is 0 Å². The molecule has 1 heterocycles. The van der Waals surface area contributed by atoms with Gasteiger partial charge < -0.3 is 9.84 Å². The summed E-state index contributed by atoms with van der Waals surface area (Å²) in [7, 11) is -3.81. The Morgan fingerprint density at radius 3 is 2.48 bits per heavy atom. The molecule has 0 aliphatic carbocycles. The number of hydrogen-bond acceptors (Lipinski definition) is 6. The van der Waals surface area contributed by atoms with Crippen LogP contribution in [0.25, 0.3) is 0 Å². The summed E-state index contributed by atoms with van der Waals surface area (Å²) in [6.45, 7) is 1.66. The number of aromatic nitrogens is 1. The molecule has 3 aromatic rings. The number of nitrogens with one attached hydrogen (secondary N) is 3. The van der Waals surface area contributed by atoms with Crippen LogP contribution in [0.3, 0.4) is 0 Å². The number of aryl methyl sites for hydroxylation is 1. The number of carbonyl (C=O) groups excluding carboxylic acids is 1. The second-order valence-electron chi connectivity index (χ2n) is 5.87. The molecule has 1 aromatic heterocycles. The molecule has 0 aliphatic heterocycles. The molecule has 29 heavy (non-hydrogen) atoms. The molecular weight excluding hydrogens is 480 g/mol. The van der Waals surface area contributed by atoms with Gasteiger partial charge in [-0.05, 0) is 61.6 Å². The highest BCUT2D eigenvalue weighted by Gasteiger charge is 2.16. The van der Waals surface area contributed by atoms with Gasteiger partial charge in [-0.25, -0.2) is 8.42 Å². The van der Waals surface area contributed by atoms with Gasteiger partial charge in [0.1, 0.15) is 5.76 Å². The van der Waals surface area contributed by atoms with Gasteiger partial charge in [0.15, 0.2) is 10.9 Å². The first-order valence-corrected chi connectivity index (χ1v) is 10.9. The lowest BCUT2D eigenvalue weighted by Crippen LogP contribution is -2.34. The van der Waals surface area contributed by atoms with Crippen molar-refractivity contribution in [1.82, 2.24) is 10.5 Å². The zero-order chi connectivity index (χ0) is 21.0. The molecule has 0 unspecified atom stereocenters. The van der Waals surface area contributed by atoms with Crippen molar-refractivity contribution >= 4 is 60.7 Å². The maximum Gasteiger partial charge on any atom is 0.263 e. The first-order chi connectivity index (χ1) is 13.7. The van der Waals surface area contributed by atoms with Crippen molar-refractivity contribution in [2.24, 2.45) is 0 Å². The fourth-order valence-corrected chi connectivity index (χ4v) is 3.89. The number of sulfonamides is 1. The van der Waals surface area contributed by atoms with E-state index in [9.17, 15) is 13.2 Å². The Labute approximate surface area is 180 Å². The summed E-state index contributed by atoms with van der Waals surface area (Å²) in [5.74, 6) is 0.219. The summed E-state index contributed by atoms with van der Waals surface area (Å²) >= 11 is 8.44. The molecule has 0 saturated carbocycles. The predicted octanol–water partition coefficient (Wildman–Crippen LogP) is 3.67. The Morgan fingerprint density at radius 2 is 1.86 bits per heavy atom. The lowest BCUT2D eigenvalue weighted by Gasteiger charge is -2.11. The first-order valence-electron chi connectivity index (χ1n) is 8.17. The second kappa shape index (κ2) is 8.72. The predicted molar refractivity (Wildman–Crippen MR) is 116 cm³/mol. The largest absolute Gasteiger partial charge is 0.360 e. The Bertz CT molecular complexity index is 1160. The first kappa shape index (κ1) is 21.0. The number of halogens is 1. The standard InChI is InChI=1S/C18H15BrN4O4S2/c1-11-9-16(22-27-11)23-29(25,26)15-7-5-14(6-8-15)20-18(28)21-17(24)12-3-2-4-13(19)10-12/h2-10H,1H3,(H,22,23)(H2,20,21,24,28). The highest BCUT2D eigenvalue weighted by atomic mass is 79.9. The van der Waals surface area contributed by atoms with Crippen molar-refractivity contribution in [2.45, 2.75) is 11.8 Å². The fraction of sp³-hybridized carbons (Fsp3) is 0.0556. The number of rotatable bonds is 5. The van der Waals surface area contributed by atoms with Gasteiger partial charge in [-0.1, -0.05) is 27.2 Å². The van der Waals surface area contributed by atoms with Crippen molar-refractivity contribution in [3.63, 3.8) is 0 Å². The zero-order valence-electron chi connectivity index (χ0n) is 15.0. The van der Waals surface area contributed by atoms with E-state index in [1.807, 2.05) is 6.07 Å². The molecule has 0 saturated heterocycles. The Kier molecular flexibility index (Phi) is 6.30. The average Bonchev–Trinajstić information content (AvgIpc) is 3.06. The van der Waals surface area contributed by atoms with E-state index in [0.717, 1.165) is 4.47 Å². The number of amides is 1. The fourth-order valence-electron chi connectivity index (χ4n) is 2.30.